The Kier molecular flexibility index (Phi) is 5.89. The molecule has 0 saturated heterocycles. The molecular formula is C11H18N4O4S. The van der Waals surface area contributed by atoms with Gasteiger partial charge in [0.25, 0.3) is 10.2 Å². The molecule has 0 spiro atoms. The minimum absolute atomic E-state index is 0.111. The van der Waals surface area contributed by atoms with E-state index in [1.807, 2.05) is 0 Å². The minimum Gasteiger partial charge on any atom is -0.380 e. The van der Waals surface area contributed by atoms with Crippen molar-refractivity contribution in [1.82, 2.24) is 0 Å². The Hall–Kier alpha value is -1.68. The number of rotatable bonds is 7. The van der Waals surface area contributed by atoms with Crippen molar-refractivity contribution in [1.29, 1.82) is 0 Å². The van der Waals surface area contributed by atoms with E-state index in [-0.39, 0.29) is 30.7 Å². The van der Waals surface area contributed by atoms with Crippen LogP contribution in [-0.2, 0) is 19.7 Å². The lowest BCUT2D eigenvalue weighted by molar-refractivity contribution is -0.118. The summed E-state index contributed by atoms with van der Waals surface area (Å²) in [6, 6.07) is 6.17. The number of carbonyl (C=O) groups is 1. The van der Waals surface area contributed by atoms with Gasteiger partial charge in [-0.05, 0) is 18.2 Å². The van der Waals surface area contributed by atoms with Gasteiger partial charge in [-0.1, -0.05) is 6.07 Å². The normalized spacial score (nSPS) is 12.8. The third-order valence-corrected chi connectivity index (χ3v) is 2.94. The van der Waals surface area contributed by atoms with E-state index in [2.05, 4.69) is 10.0 Å². The summed E-state index contributed by atoms with van der Waals surface area (Å²) in [6.45, 7) is 0.233. The van der Waals surface area contributed by atoms with Crippen molar-refractivity contribution in [3.05, 3.63) is 24.3 Å². The van der Waals surface area contributed by atoms with Gasteiger partial charge in [-0.2, -0.15) is 8.42 Å². The van der Waals surface area contributed by atoms with Gasteiger partial charge >= 0.3 is 0 Å². The average Bonchev–Trinajstić information content (AvgIpc) is 2.34. The molecule has 1 aromatic carbocycles. The molecule has 0 bridgehead atoms. The molecule has 112 valence electrons. The van der Waals surface area contributed by atoms with Crippen LogP contribution < -0.4 is 20.9 Å². The van der Waals surface area contributed by atoms with Gasteiger partial charge in [-0.15, -0.1) is 0 Å². The Morgan fingerprint density at radius 3 is 2.60 bits per heavy atom. The van der Waals surface area contributed by atoms with Gasteiger partial charge in [0, 0.05) is 19.3 Å². The first kappa shape index (κ1) is 16.4. The lowest BCUT2D eigenvalue weighted by Gasteiger charge is -2.13. The molecule has 8 nitrogen and oxygen atoms in total. The van der Waals surface area contributed by atoms with E-state index in [9.17, 15) is 13.2 Å². The van der Waals surface area contributed by atoms with Crippen LogP contribution in [0.25, 0.3) is 0 Å². The van der Waals surface area contributed by atoms with E-state index < -0.39 is 10.2 Å². The summed E-state index contributed by atoms with van der Waals surface area (Å²) in [6.07, 6.45) is -0.249. The quantitative estimate of drug-likeness (QED) is 0.543. The van der Waals surface area contributed by atoms with Crippen LogP contribution in [0.4, 0.5) is 11.4 Å². The average molecular weight is 302 g/mol. The number of ether oxygens (including phenoxy) is 1. The molecule has 1 unspecified atom stereocenters. The number of hydrogen-bond acceptors (Lipinski definition) is 5. The Bertz CT molecular complexity index is 557. The van der Waals surface area contributed by atoms with Gasteiger partial charge < -0.3 is 15.8 Å². The van der Waals surface area contributed by atoms with Crippen molar-refractivity contribution in [3.63, 3.8) is 0 Å². The first-order valence-corrected chi connectivity index (χ1v) is 7.32. The molecule has 0 radical (unpaired) electrons. The second-order valence-corrected chi connectivity index (χ2v) is 5.37. The van der Waals surface area contributed by atoms with Crippen LogP contribution in [0, 0.1) is 0 Å². The van der Waals surface area contributed by atoms with Gasteiger partial charge in [0.05, 0.1) is 18.2 Å². The summed E-state index contributed by atoms with van der Waals surface area (Å²) in [5.41, 5.74) is 6.12. The summed E-state index contributed by atoms with van der Waals surface area (Å²) < 4.78 is 28.9. The fourth-order valence-electron chi connectivity index (χ4n) is 1.51. The van der Waals surface area contributed by atoms with Crippen LogP contribution >= 0.6 is 0 Å². The van der Waals surface area contributed by atoms with Crippen molar-refractivity contribution >= 4 is 27.5 Å². The molecule has 0 saturated carbocycles. The zero-order valence-electron chi connectivity index (χ0n) is 11.0. The van der Waals surface area contributed by atoms with Gasteiger partial charge in [0.1, 0.15) is 0 Å². The predicted molar refractivity (Wildman–Crippen MR) is 76.3 cm³/mol. The third-order valence-electron chi connectivity index (χ3n) is 2.42. The number of carbonyl (C=O) groups excluding carboxylic acids is 1. The van der Waals surface area contributed by atoms with Crippen LogP contribution in [0.1, 0.15) is 6.42 Å². The highest BCUT2D eigenvalue weighted by atomic mass is 32.2. The lowest BCUT2D eigenvalue weighted by Crippen LogP contribution is -2.28. The summed E-state index contributed by atoms with van der Waals surface area (Å²) >= 11 is 0. The van der Waals surface area contributed by atoms with E-state index in [1.165, 1.54) is 19.2 Å². The standard InChI is InChI=1S/C11H18N4O4S/c1-19-10(7-12)6-11(16)14-8-3-2-4-9(5-8)15-20(13,17)18/h2-5,10,15H,6-7,12H2,1H3,(H,14,16)(H2,13,17,18). The largest absolute Gasteiger partial charge is 0.380 e. The third kappa shape index (κ3) is 5.97. The SMILES string of the molecule is COC(CN)CC(=O)Nc1cccc(NS(N)(=O)=O)c1. The Balaban J connectivity index is 2.68. The molecule has 0 aliphatic carbocycles. The Labute approximate surface area is 117 Å². The van der Waals surface area contributed by atoms with Crippen LogP contribution in [0.2, 0.25) is 0 Å². The van der Waals surface area contributed by atoms with Crippen LogP contribution in [0.3, 0.4) is 0 Å². The van der Waals surface area contributed by atoms with Crippen molar-refractivity contribution in [2.75, 3.05) is 23.7 Å². The van der Waals surface area contributed by atoms with E-state index in [4.69, 9.17) is 15.6 Å². The molecule has 0 aliphatic rings. The number of hydrogen-bond donors (Lipinski definition) is 4. The van der Waals surface area contributed by atoms with E-state index in [0.29, 0.717) is 5.69 Å². The molecule has 1 amide bonds. The highest BCUT2D eigenvalue weighted by molar-refractivity contribution is 7.90. The zero-order valence-corrected chi connectivity index (χ0v) is 11.8. The highest BCUT2D eigenvalue weighted by Gasteiger charge is 2.12. The smallest absolute Gasteiger partial charge is 0.296 e. The number of amides is 1. The van der Waals surface area contributed by atoms with Crippen LogP contribution in [-0.4, -0.2) is 34.1 Å². The zero-order chi connectivity index (χ0) is 15.2. The maximum absolute atomic E-state index is 11.7. The van der Waals surface area contributed by atoms with Crippen molar-refractivity contribution in [2.45, 2.75) is 12.5 Å². The first-order chi connectivity index (χ1) is 9.34. The van der Waals surface area contributed by atoms with Crippen molar-refractivity contribution < 1.29 is 17.9 Å². The fourth-order valence-corrected chi connectivity index (χ4v) is 1.96. The number of nitrogens with one attached hydrogen (secondary N) is 2. The number of methoxy groups -OCH3 is 1. The molecule has 1 rings (SSSR count). The molecule has 20 heavy (non-hydrogen) atoms. The van der Waals surface area contributed by atoms with Gasteiger partial charge in [0.15, 0.2) is 0 Å². The molecule has 0 fully saturated rings. The molecular weight excluding hydrogens is 284 g/mol. The predicted octanol–water partition coefficient (Wildman–Crippen LogP) is -0.396. The van der Waals surface area contributed by atoms with Gasteiger partial charge in [-0.25, -0.2) is 5.14 Å². The Morgan fingerprint density at radius 2 is 2.05 bits per heavy atom. The van der Waals surface area contributed by atoms with E-state index >= 15 is 0 Å². The summed E-state index contributed by atoms with van der Waals surface area (Å²) in [4.78, 5) is 11.7. The second-order valence-electron chi connectivity index (χ2n) is 4.07. The monoisotopic (exact) mass is 302 g/mol. The lowest BCUT2D eigenvalue weighted by atomic mass is 10.2. The maximum atomic E-state index is 11.7. The summed E-state index contributed by atoms with van der Waals surface area (Å²) in [7, 11) is -2.37. The minimum atomic E-state index is -3.85. The van der Waals surface area contributed by atoms with Gasteiger partial charge in [-0.3, -0.25) is 9.52 Å². The summed E-state index contributed by atoms with van der Waals surface area (Å²) in [5, 5.41) is 7.48. The molecule has 6 N–H and O–H groups in total. The van der Waals surface area contributed by atoms with Crippen molar-refractivity contribution in [2.24, 2.45) is 10.9 Å². The highest BCUT2D eigenvalue weighted by Crippen LogP contribution is 2.16. The number of benzene rings is 1. The molecule has 1 aromatic rings. The number of anilines is 2. The molecule has 9 heteroatoms. The second kappa shape index (κ2) is 7.20. The molecule has 0 aliphatic heterocycles. The summed E-state index contributed by atoms with van der Waals surface area (Å²) in [5.74, 6) is -0.282. The van der Waals surface area contributed by atoms with E-state index in [0.717, 1.165) is 0 Å². The molecule has 1 atom stereocenters. The molecule has 0 heterocycles. The molecule has 0 aromatic heterocycles. The van der Waals surface area contributed by atoms with Crippen LogP contribution in [0.5, 0.6) is 0 Å². The van der Waals surface area contributed by atoms with E-state index in [1.54, 1.807) is 12.1 Å². The fraction of sp³-hybridized carbons (Fsp3) is 0.364. The topological polar surface area (TPSA) is 137 Å². The first-order valence-electron chi connectivity index (χ1n) is 5.77. The maximum Gasteiger partial charge on any atom is 0.296 e. The number of nitrogens with two attached hydrogens (primary N) is 2. The van der Waals surface area contributed by atoms with Gasteiger partial charge in [0.2, 0.25) is 5.91 Å². The van der Waals surface area contributed by atoms with Crippen LogP contribution in [0.15, 0.2) is 24.3 Å². The Morgan fingerprint density at radius 1 is 1.40 bits per heavy atom. The van der Waals surface area contributed by atoms with Crippen molar-refractivity contribution in [3.8, 4) is 0 Å².